The number of nitrogens with zero attached hydrogens (tertiary/aromatic N) is 3. The Kier molecular flexibility index (Phi) is 3.75. The molecule has 2 aromatic rings. The van der Waals surface area contributed by atoms with Crippen molar-refractivity contribution in [3.8, 4) is 0 Å². The Morgan fingerprint density at radius 3 is 2.47 bits per heavy atom. The first-order chi connectivity index (χ1) is 9.06. The summed E-state index contributed by atoms with van der Waals surface area (Å²) in [6, 6.07) is 9.72. The molecule has 0 unspecified atom stereocenters. The van der Waals surface area contributed by atoms with Crippen LogP contribution in [0.3, 0.4) is 0 Å². The molecule has 2 N–H and O–H groups in total. The summed E-state index contributed by atoms with van der Waals surface area (Å²) in [6.07, 6.45) is 1.56. The second kappa shape index (κ2) is 5.48. The number of anilines is 2. The highest BCUT2D eigenvalue weighted by molar-refractivity contribution is 5.76. The van der Waals surface area contributed by atoms with Gasteiger partial charge in [0.1, 0.15) is 5.69 Å². The Morgan fingerprint density at radius 1 is 1.16 bits per heavy atom. The second-order valence-electron chi connectivity index (χ2n) is 4.34. The minimum absolute atomic E-state index is 0.516. The van der Waals surface area contributed by atoms with E-state index in [-0.39, 0.29) is 0 Å². The molecule has 1 heterocycles. The van der Waals surface area contributed by atoms with Gasteiger partial charge in [0.05, 0.1) is 0 Å². The first kappa shape index (κ1) is 13.0. The van der Waals surface area contributed by atoms with Crippen molar-refractivity contribution in [2.45, 2.75) is 13.8 Å². The van der Waals surface area contributed by atoms with E-state index in [2.05, 4.69) is 15.3 Å². The van der Waals surface area contributed by atoms with Crippen LogP contribution in [0.1, 0.15) is 17.0 Å². The molecule has 19 heavy (non-hydrogen) atoms. The molecule has 98 valence electrons. The highest BCUT2D eigenvalue weighted by atomic mass is 16.5. The van der Waals surface area contributed by atoms with Crippen molar-refractivity contribution in [1.29, 1.82) is 0 Å². The lowest BCUT2D eigenvalue weighted by Gasteiger charge is -2.08. The zero-order valence-electron chi connectivity index (χ0n) is 11.3. The summed E-state index contributed by atoms with van der Waals surface area (Å²) in [7, 11) is 1.54. The van der Waals surface area contributed by atoms with Crippen molar-refractivity contribution < 1.29 is 9.95 Å². The number of hydrogen-bond donors (Lipinski definition) is 2. The highest BCUT2D eigenvalue weighted by Gasteiger charge is 2.09. The first-order valence-corrected chi connectivity index (χ1v) is 6.00. The average molecular weight is 257 g/mol. The van der Waals surface area contributed by atoms with Gasteiger partial charge in [-0.25, -0.2) is 9.97 Å². The van der Waals surface area contributed by atoms with Crippen molar-refractivity contribution in [2.75, 3.05) is 12.4 Å². The van der Waals surface area contributed by atoms with Gasteiger partial charge in [0.2, 0.25) is 12.2 Å². The molecule has 0 spiro atoms. The predicted molar refractivity (Wildman–Crippen MR) is 74.4 cm³/mol. The molecule has 0 saturated carbocycles. The summed E-state index contributed by atoms with van der Waals surface area (Å²) >= 11 is 0. The summed E-state index contributed by atoms with van der Waals surface area (Å²) in [4.78, 5) is 8.78. The van der Waals surface area contributed by atoms with Crippen molar-refractivity contribution in [2.24, 2.45) is 0 Å². The Balaban J connectivity index is 2.37. The number of aryl methyl sites for hydroxylation is 1. The highest BCUT2D eigenvalue weighted by Crippen LogP contribution is 2.15. The monoisotopic (exact) mass is 257 g/mol. The van der Waals surface area contributed by atoms with E-state index in [1.807, 2.05) is 44.2 Å². The number of hydrogen-bond acceptors (Lipinski definition) is 4. The molecular weight excluding hydrogens is 240 g/mol. The Bertz CT molecular complexity index is 604. The maximum absolute atomic E-state index is 9.30. The van der Waals surface area contributed by atoms with Gasteiger partial charge in [-0.3, -0.25) is 5.21 Å². The third kappa shape index (κ3) is 3.28. The van der Waals surface area contributed by atoms with Gasteiger partial charge in [0.25, 0.3) is 0 Å². The Morgan fingerprint density at radius 2 is 1.84 bits per heavy atom. The summed E-state index contributed by atoms with van der Waals surface area (Å²) in [5, 5.41) is 12.4. The lowest BCUT2D eigenvalue weighted by molar-refractivity contribution is -0.751. The van der Waals surface area contributed by atoms with Crippen molar-refractivity contribution >= 4 is 17.9 Å². The van der Waals surface area contributed by atoms with Crippen LogP contribution < -0.4 is 5.32 Å². The van der Waals surface area contributed by atoms with Crippen molar-refractivity contribution in [3.05, 3.63) is 47.3 Å². The van der Waals surface area contributed by atoms with Gasteiger partial charge in [-0.15, -0.1) is 0 Å². The minimum Gasteiger partial charge on any atom is -0.324 e. The van der Waals surface area contributed by atoms with E-state index in [9.17, 15) is 5.21 Å². The number of para-hydroxylation sites is 1. The lowest BCUT2D eigenvalue weighted by atomic mass is 10.2. The topological polar surface area (TPSA) is 61.0 Å². The molecule has 0 saturated heterocycles. The van der Waals surface area contributed by atoms with Crippen molar-refractivity contribution in [3.63, 3.8) is 0 Å². The number of aromatic nitrogens is 2. The van der Waals surface area contributed by atoms with E-state index in [0.29, 0.717) is 11.6 Å². The van der Waals surface area contributed by atoms with Crippen LogP contribution in [-0.2, 0) is 0 Å². The molecule has 0 bridgehead atoms. The molecule has 0 radical (unpaired) electrons. The van der Waals surface area contributed by atoms with Gasteiger partial charge in [0, 0.05) is 16.9 Å². The molecule has 0 aliphatic rings. The summed E-state index contributed by atoms with van der Waals surface area (Å²) in [6.45, 7) is 3.85. The fourth-order valence-corrected chi connectivity index (χ4v) is 1.66. The number of rotatable bonds is 3. The van der Waals surface area contributed by atoms with E-state index in [1.165, 1.54) is 0 Å². The van der Waals surface area contributed by atoms with Gasteiger partial charge in [-0.1, -0.05) is 18.2 Å². The number of benzene rings is 1. The van der Waals surface area contributed by atoms with Crippen LogP contribution in [0.4, 0.5) is 11.6 Å². The molecule has 5 nitrogen and oxygen atoms in total. The zero-order valence-corrected chi connectivity index (χ0v) is 11.3. The van der Waals surface area contributed by atoms with E-state index < -0.39 is 0 Å². The third-order valence-corrected chi connectivity index (χ3v) is 2.77. The van der Waals surface area contributed by atoms with Crippen LogP contribution in [0.2, 0.25) is 0 Å². The van der Waals surface area contributed by atoms with Crippen LogP contribution in [0.5, 0.6) is 0 Å². The van der Waals surface area contributed by atoms with Crippen LogP contribution in [0.15, 0.2) is 30.3 Å². The molecule has 2 rings (SSSR count). The van der Waals surface area contributed by atoms with E-state index >= 15 is 0 Å². The zero-order chi connectivity index (χ0) is 13.8. The maximum Gasteiger partial charge on any atom is 0.241 e. The average Bonchev–Trinajstić information content (AvgIpc) is 2.36. The van der Waals surface area contributed by atoms with Crippen LogP contribution in [0.25, 0.3) is 0 Å². The summed E-state index contributed by atoms with van der Waals surface area (Å²) in [5.41, 5.74) is 3.44. The Hall–Kier alpha value is -2.43. The molecule has 1 aromatic carbocycles. The fourth-order valence-electron chi connectivity index (χ4n) is 1.66. The molecule has 0 atom stereocenters. The number of nitrogens with one attached hydrogen (secondary N) is 1. The largest absolute Gasteiger partial charge is 0.324 e. The van der Waals surface area contributed by atoms with Gasteiger partial charge in [-0.05, 0) is 30.7 Å². The maximum atomic E-state index is 9.30. The van der Waals surface area contributed by atoms with Gasteiger partial charge in [-0.2, -0.15) is 0 Å². The quantitative estimate of drug-likeness (QED) is 0.383. The van der Waals surface area contributed by atoms with Crippen LogP contribution in [-0.4, -0.2) is 33.2 Å². The SMILES string of the molecule is Cc1nc(Nc2ccccc2)nc(C=[N+](C)O)c1C. The van der Waals surface area contributed by atoms with E-state index in [0.717, 1.165) is 21.7 Å². The smallest absolute Gasteiger partial charge is 0.241 e. The van der Waals surface area contributed by atoms with Crippen LogP contribution in [0, 0.1) is 13.8 Å². The van der Waals surface area contributed by atoms with E-state index in [4.69, 9.17) is 0 Å². The van der Waals surface area contributed by atoms with Gasteiger partial charge >= 0.3 is 0 Å². The standard InChI is InChI=1S/C14H17N4O/c1-10-11(2)15-14(17-13(10)9-18(3)19)16-12-7-5-4-6-8-12/h4-9,19H,1-3H3,(H,15,16,17)/q+1. The van der Waals surface area contributed by atoms with Gasteiger partial charge in [0.15, 0.2) is 7.05 Å². The van der Waals surface area contributed by atoms with Crippen molar-refractivity contribution in [1.82, 2.24) is 9.97 Å². The number of hydroxylamine groups is 1. The predicted octanol–water partition coefficient (Wildman–Crippen LogP) is 2.29. The normalized spacial score (nSPS) is 11.4. The van der Waals surface area contributed by atoms with Crippen LogP contribution >= 0.6 is 0 Å². The molecule has 0 aliphatic heterocycles. The molecule has 5 heteroatoms. The molecule has 0 aliphatic carbocycles. The molecule has 1 aromatic heterocycles. The third-order valence-electron chi connectivity index (χ3n) is 2.77. The molecule has 0 amide bonds. The summed E-state index contributed by atoms with van der Waals surface area (Å²) in [5.74, 6) is 0.516. The fraction of sp³-hybridized carbons (Fsp3) is 0.214. The second-order valence-corrected chi connectivity index (χ2v) is 4.34. The minimum atomic E-state index is 0.516. The van der Waals surface area contributed by atoms with E-state index in [1.54, 1.807) is 13.3 Å². The lowest BCUT2D eigenvalue weighted by Crippen LogP contribution is -2.09. The first-order valence-electron chi connectivity index (χ1n) is 6.00. The van der Waals surface area contributed by atoms with Gasteiger partial charge < -0.3 is 5.32 Å². The summed E-state index contributed by atoms with van der Waals surface area (Å²) < 4.78 is 0.987. The Labute approximate surface area is 112 Å². The molecule has 0 fully saturated rings. The molecular formula is C14H17N4O+.